The number of hydrogen-bond acceptors (Lipinski definition) is 4. The monoisotopic (exact) mass is 381 g/mol. The van der Waals surface area contributed by atoms with Crippen molar-refractivity contribution in [2.45, 2.75) is 56.4 Å². The van der Waals surface area contributed by atoms with Crippen LogP contribution in [-0.4, -0.2) is 23.4 Å². The largest absolute Gasteiger partial charge is 0.455 e. The number of nitrogens with one attached hydrogen (secondary N) is 1. The Labute approximate surface area is 157 Å². The Hall–Kier alpha value is -1.07. The summed E-state index contributed by atoms with van der Waals surface area (Å²) < 4.78 is 5.45. The molecule has 2 unspecified atom stereocenters. The second kappa shape index (κ2) is 6.27. The number of halogens is 1. The van der Waals surface area contributed by atoms with Crippen LogP contribution in [0, 0.1) is 17.3 Å². The Morgan fingerprint density at radius 1 is 1.36 bits per heavy atom. The van der Waals surface area contributed by atoms with E-state index in [4.69, 9.17) is 16.3 Å². The molecule has 0 aromatic carbocycles. The van der Waals surface area contributed by atoms with E-state index < -0.39 is 5.41 Å². The lowest BCUT2D eigenvalue weighted by Crippen LogP contribution is -2.56. The molecule has 1 amide bonds. The molecule has 1 heterocycles. The van der Waals surface area contributed by atoms with E-state index in [2.05, 4.69) is 5.32 Å². The molecule has 5 rings (SSSR count). The number of hydrogen-bond donors (Lipinski definition) is 1. The van der Waals surface area contributed by atoms with Gasteiger partial charge >= 0.3 is 5.97 Å². The lowest BCUT2D eigenvalue weighted by molar-refractivity contribution is -0.171. The Bertz CT molecular complexity index is 660. The van der Waals surface area contributed by atoms with Gasteiger partial charge in [0.25, 0.3) is 5.91 Å². The molecule has 1 aromatic rings. The van der Waals surface area contributed by atoms with Crippen molar-refractivity contribution in [2.24, 2.45) is 17.3 Å². The van der Waals surface area contributed by atoms with Gasteiger partial charge in [-0.2, -0.15) is 0 Å². The van der Waals surface area contributed by atoms with Crippen molar-refractivity contribution in [3.63, 3.8) is 0 Å². The number of ether oxygens (including phenoxy) is 1. The normalized spacial score (nSPS) is 36.9. The van der Waals surface area contributed by atoms with Crippen LogP contribution in [0.3, 0.4) is 0 Å². The van der Waals surface area contributed by atoms with Crippen molar-refractivity contribution in [3.05, 3.63) is 22.4 Å². The van der Waals surface area contributed by atoms with Crippen molar-refractivity contribution in [1.29, 1.82) is 0 Å². The number of thiophene rings is 1. The zero-order valence-electron chi connectivity index (χ0n) is 14.4. The third-order valence-electron chi connectivity index (χ3n) is 6.10. The van der Waals surface area contributed by atoms with Crippen LogP contribution in [0.2, 0.25) is 0 Å². The number of carbonyl (C=O) groups excluding carboxylic acids is 2. The molecule has 25 heavy (non-hydrogen) atoms. The summed E-state index contributed by atoms with van der Waals surface area (Å²) in [6.07, 6.45) is 5.72. The fourth-order valence-corrected chi connectivity index (χ4v) is 6.99. The summed E-state index contributed by atoms with van der Waals surface area (Å²) in [5.41, 5.74) is -0.453. The first-order valence-corrected chi connectivity index (χ1v) is 10.3. The third kappa shape index (κ3) is 3.33. The van der Waals surface area contributed by atoms with Gasteiger partial charge in [0.05, 0.1) is 11.5 Å². The Morgan fingerprint density at radius 2 is 2.08 bits per heavy atom. The van der Waals surface area contributed by atoms with E-state index in [1.165, 1.54) is 6.42 Å². The molecule has 4 aliphatic rings. The quantitative estimate of drug-likeness (QED) is 0.618. The number of carbonyl (C=O) groups is 2. The minimum absolute atomic E-state index is 0.0723. The van der Waals surface area contributed by atoms with E-state index in [-0.39, 0.29) is 29.4 Å². The molecule has 5 atom stereocenters. The predicted molar refractivity (Wildman–Crippen MR) is 97.5 cm³/mol. The van der Waals surface area contributed by atoms with Crippen LogP contribution in [0.15, 0.2) is 17.5 Å². The molecular weight excluding hydrogens is 358 g/mol. The van der Waals surface area contributed by atoms with Crippen molar-refractivity contribution in [2.75, 3.05) is 6.61 Å². The molecule has 1 N–H and O–H groups in total. The second-order valence-electron chi connectivity index (χ2n) is 8.27. The highest BCUT2D eigenvalue weighted by atomic mass is 35.5. The molecule has 6 heteroatoms. The number of esters is 1. The molecule has 0 saturated heterocycles. The maximum absolute atomic E-state index is 12.8. The lowest BCUT2D eigenvalue weighted by atomic mass is 9.49. The van der Waals surface area contributed by atoms with Gasteiger partial charge in [0, 0.05) is 9.75 Å². The number of amides is 1. The topological polar surface area (TPSA) is 55.4 Å². The zero-order valence-corrected chi connectivity index (χ0v) is 16.0. The van der Waals surface area contributed by atoms with E-state index in [1.807, 2.05) is 24.4 Å². The Balaban J connectivity index is 1.34. The molecule has 4 fully saturated rings. The minimum atomic E-state index is -0.453. The minimum Gasteiger partial charge on any atom is -0.455 e. The number of rotatable bonds is 5. The van der Waals surface area contributed by atoms with Crippen molar-refractivity contribution >= 4 is 34.8 Å². The Kier molecular flexibility index (Phi) is 4.35. The first kappa shape index (κ1) is 17.3. The molecule has 4 saturated carbocycles. The van der Waals surface area contributed by atoms with Crippen LogP contribution >= 0.6 is 22.9 Å². The van der Waals surface area contributed by atoms with E-state index in [0.717, 1.165) is 30.6 Å². The fraction of sp³-hybridized carbons (Fsp3) is 0.684. The molecule has 0 spiro atoms. The average molecular weight is 382 g/mol. The van der Waals surface area contributed by atoms with Gasteiger partial charge in [0.15, 0.2) is 6.61 Å². The first-order valence-electron chi connectivity index (χ1n) is 9.06. The number of alkyl halides is 1. The summed E-state index contributed by atoms with van der Waals surface area (Å²) in [5.74, 6) is 0.614. The molecule has 0 aliphatic heterocycles. The van der Waals surface area contributed by atoms with Crippen LogP contribution in [0.25, 0.3) is 0 Å². The highest BCUT2D eigenvalue weighted by Gasteiger charge is 2.60. The van der Waals surface area contributed by atoms with Gasteiger partial charge in [0.1, 0.15) is 0 Å². The van der Waals surface area contributed by atoms with E-state index in [0.29, 0.717) is 18.3 Å². The Morgan fingerprint density at radius 3 is 2.68 bits per heavy atom. The molecular formula is C19H24ClNO3S. The zero-order chi connectivity index (χ0) is 17.7. The molecule has 4 nitrogen and oxygen atoms in total. The third-order valence-corrected chi connectivity index (χ3v) is 7.60. The van der Waals surface area contributed by atoms with E-state index >= 15 is 0 Å². The van der Waals surface area contributed by atoms with E-state index in [1.54, 1.807) is 11.3 Å². The fourth-order valence-electron chi connectivity index (χ4n) is 5.57. The van der Waals surface area contributed by atoms with Crippen LogP contribution in [-0.2, 0) is 14.3 Å². The van der Waals surface area contributed by atoms with Crippen LogP contribution in [0.1, 0.15) is 56.4 Å². The molecule has 1 aromatic heterocycles. The van der Waals surface area contributed by atoms with Gasteiger partial charge in [-0.1, -0.05) is 6.07 Å². The van der Waals surface area contributed by atoms with Gasteiger partial charge in [-0.15, -0.1) is 22.9 Å². The van der Waals surface area contributed by atoms with Gasteiger partial charge in [-0.25, -0.2) is 0 Å². The van der Waals surface area contributed by atoms with Crippen LogP contribution in [0.4, 0.5) is 0 Å². The van der Waals surface area contributed by atoms with Gasteiger partial charge in [0.2, 0.25) is 0 Å². The summed E-state index contributed by atoms with van der Waals surface area (Å²) in [6.45, 7) is 1.73. The van der Waals surface area contributed by atoms with Crippen molar-refractivity contribution in [1.82, 2.24) is 5.32 Å². The van der Waals surface area contributed by atoms with Crippen LogP contribution in [0.5, 0.6) is 0 Å². The van der Waals surface area contributed by atoms with Gasteiger partial charge in [-0.3, -0.25) is 9.59 Å². The standard InChI is InChI=1S/C19H24ClNO3S/c1-12(15-3-2-4-25-15)21-16(22)10-24-17(23)18-6-13-5-14(7-18)9-19(20,8-13)11-18/h2-4,12-14H,5-11H2,1H3,(H,21,22)/t12-,13-,14+,18?,19?/m0/s1. The molecule has 136 valence electrons. The average Bonchev–Trinajstić information content (AvgIpc) is 3.04. The highest BCUT2D eigenvalue weighted by Crippen LogP contribution is 2.64. The molecule has 0 radical (unpaired) electrons. The summed E-state index contributed by atoms with van der Waals surface area (Å²) in [6, 6.07) is 3.87. The summed E-state index contributed by atoms with van der Waals surface area (Å²) >= 11 is 8.37. The van der Waals surface area contributed by atoms with Gasteiger partial charge in [-0.05, 0) is 68.7 Å². The first-order chi connectivity index (χ1) is 11.9. The van der Waals surface area contributed by atoms with Gasteiger partial charge < -0.3 is 10.1 Å². The summed E-state index contributed by atoms with van der Waals surface area (Å²) in [7, 11) is 0. The SMILES string of the molecule is C[C@H](NC(=O)COC(=O)C12C[C@@H]3C[C@@H](CC(Cl)(C3)C1)C2)c1cccs1. The maximum Gasteiger partial charge on any atom is 0.312 e. The molecule has 4 bridgehead atoms. The smallest absolute Gasteiger partial charge is 0.312 e. The summed E-state index contributed by atoms with van der Waals surface area (Å²) in [5, 5.41) is 4.87. The maximum atomic E-state index is 12.8. The molecule has 4 aliphatic carbocycles. The van der Waals surface area contributed by atoms with Crippen molar-refractivity contribution < 1.29 is 14.3 Å². The predicted octanol–water partition coefficient (Wildman–Crippen LogP) is 4.05. The second-order valence-corrected chi connectivity index (χ2v) is 10.1. The lowest BCUT2D eigenvalue weighted by Gasteiger charge is -2.58. The van der Waals surface area contributed by atoms with Crippen LogP contribution < -0.4 is 5.32 Å². The van der Waals surface area contributed by atoms with Crippen molar-refractivity contribution in [3.8, 4) is 0 Å². The summed E-state index contributed by atoms with van der Waals surface area (Å²) in [4.78, 5) is 25.8. The van der Waals surface area contributed by atoms with E-state index in [9.17, 15) is 9.59 Å². The highest BCUT2D eigenvalue weighted by molar-refractivity contribution is 7.10.